The molecule has 0 bridgehead atoms. The van der Waals surface area contributed by atoms with Gasteiger partial charge in [-0.3, -0.25) is 4.79 Å². The van der Waals surface area contributed by atoms with Crippen molar-refractivity contribution in [2.45, 2.75) is 13.3 Å². The van der Waals surface area contributed by atoms with Gasteiger partial charge < -0.3 is 10.6 Å². The third kappa shape index (κ3) is 3.55. The highest BCUT2D eigenvalue weighted by atomic mass is 19.2. The summed E-state index contributed by atoms with van der Waals surface area (Å²) >= 11 is 0. The van der Waals surface area contributed by atoms with Crippen molar-refractivity contribution in [3.63, 3.8) is 0 Å². The Morgan fingerprint density at radius 3 is 2.55 bits per heavy atom. The van der Waals surface area contributed by atoms with Gasteiger partial charge in [0.1, 0.15) is 5.69 Å². The van der Waals surface area contributed by atoms with Crippen molar-refractivity contribution in [1.29, 1.82) is 0 Å². The second kappa shape index (κ2) is 6.93. The molecular weight excluding hydrogens is 295 g/mol. The molecule has 4 nitrogen and oxygen atoms in total. The fraction of sp³-hybridized carbons (Fsp3) is 0.200. The van der Waals surface area contributed by atoms with Crippen molar-refractivity contribution in [2.75, 3.05) is 17.2 Å². The Labute approximate surface area is 125 Å². The van der Waals surface area contributed by atoms with Crippen LogP contribution in [-0.4, -0.2) is 17.4 Å². The average Bonchev–Trinajstić information content (AvgIpc) is 2.54. The number of rotatable bonds is 5. The molecule has 7 heteroatoms. The third-order valence-electron chi connectivity index (χ3n) is 2.86. The SMILES string of the molecule is CCCNc1ccc(C(=O)Nc2ccc(F)c(F)c2F)nc1. The summed E-state index contributed by atoms with van der Waals surface area (Å²) in [6, 6.07) is 4.78. The highest BCUT2D eigenvalue weighted by molar-refractivity contribution is 6.03. The smallest absolute Gasteiger partial charge is 0.274 e. The summed E-state index contributed by atoms with van der Waals surface area (Å²) in [5.41, 5.74) is 0.336. The Bertz CT molecular complexity index is 674. The molecule has 0 radical (unpaired) electrons. The number of carbonyl (C=O) groups excluding carboxylic acids is 1. The van der Waals surface area contributed by atoms with Gasteiger partial charge in [0, 0.05) is 6.54 Å². The maximum Gasteiger partial charge on any atom is 0.274 e. The van der Waals surface area contributed by atoms with E-state index in [4.69, 9.17) is 0 Å². The summed E-state index contributed by atoms with van der Waals surface area (Å²) in [5, 5.41) is 5.24. The van der Waals surface area contributed by atoms with Gasteiger partial charge in [-0.1, -0.05) is 6.92 Å². The highest BCUT2D eigenvalue weighted by Gasteiger charge is 2.16. The Hall–Kier alpha value is -2.57. The van der Waals surface area contributed by atoms with E-state index in [-0.39, 0.29) is 5.69 Å². The van der Waals surface area contributed by atoms with E-state index >= 15 is 0 Å². The lowest BCUT2D eigenvalue weighted by atomic mass is 10.2. The number of pyridine rings is 1. The zero-order chi connectivity index (χ0) is 16.1. The lowest BCUT2D eigenvalue weighted by Gasteiger charge is -2.08. The van der Waals surface area contributed by atoms with E-state index in [1.54, 1.807) is 6.07 Å². The number of nitrogens with one attached hydrogen (secondary N) is 2. The fourth-order valence-electron chi connectivity index (χ4n) is 1.71. The maximum absolute atomic E-state index is 13.5. The Kier molecular flexibility index (Phi) is 4.98. The number of anilines is 2. The summed E-state index contributed by atoms with van der Waals surface area (Å²) in [6.07, 6.45) is 2.41. The van der Waals surface area contributed by atoms with Gasteiger partial charge in [0.25, 0.3) is 5.91 Å². The van der Waals surface area contributed by atoms with Crippen LogP contribution in [0, 0.1) is 17.5 Å². The van der Waals surface area contributed by atoms with Gasteiger partial charge in [-0.2, -0.15) is 0 Å². The van der Waals surface area contributed by atoms with E-state index in [0.717, 1.165) is 30.8 Å². The van der Waals surface area contributed by atoms with Crippen LogP contribution in [0.4, 0.5) is 24.5 Å². The number of hydrogen-bond acceptors (Lipinski definition) is 3. The van der Waals surface area contributed by atoms with Crippen molar-refractivity contribution >= 4 is 17.3 Å². The molecule has 0 spiro atoms. The summed E-state index contributed by atoms with van der Waals surface area (Å²) in [6.45, 7) is 2.78. The molecule has 0 aliphatic heterocycles. The number of benzene rings is 1. The summed E-state index contributed by atoms with van der Waals surface area (Å²) in [7, 11) is 0. The number of hydrogen-bond donors (Lipinski definition) is 2. The average molecular weight is 309 g/mol. The molecule has 1 aromatic heterocycles. The highest BCUT2D eigenvalue weighted by Crippen LogP contribution is 2.20. The molecule has 0 aliphatic rings. The molecule has 22 heavy (non-hydrogen) atoms. The van der Waals surface area contributed by atoms with E-state index < -0.39 is 29.0 Å². The van der Waals surface area contributed by atoms with Crippen molar-refractivity contribution in [1.82, 2.24) is 4.98 Å². The van der Waals surface area contributed by atoms with E-state index in [1.165, 1.54) is 12.3 Å². The van der Waals surface area contributed by atoms with E-state index in [1.807, 2.05) is 6.92 Å². The number of amides is 1. The molecule has 1 aromatic carbocycles. The molecule has 0 saturated carbocycles. The molecule has 0 aliphatic carbocycles. The molecule has 1 amide bonds. The molecule has 2 aromatic rings. The summed E-state index contributed by atoms with van der Waals surface area (Å²) in [5.74, 6) is -5.12. The zero-order valence-corrected chi connectivity index (χ0v) is 11.8. The minimum absolute atomic E-state index is 0.0335. The van der Waals surface area contributed by atoms with Crippen molar-refractivity contribution in [3.05, 3.63) is 53.6 Å². The van der Waals surface area contributed by atoms with Gasteiger partial charge in [0.15, 0.2) is 17.5 Å². The molecule has 0 atom stereocenters. The van der Waals surface area contributed by atoms with Crippen LogP contribution in [0.1, 0.15) is 23.8 Å². The van der Waals surface area contributed by atoms with Gasteiger partial charge in [0.2, 0.25) is 0 Å². The van der Waals surface area contributed by atoms with Gasteiger partial charge in [-0.05, 0) is 30.7 Å². The summed E-state index contributed by atoms with van der Waals surface area (Å²) < 4.78 is 39.4. The van der Waals surface area contributed by atoms with Crippen LogP contribution in [0.2, 0.25) is 0 Å². The van der Waals surface area contributed by atoms with Gasteiger partial charge in [-0.15, -0.1) is 0 Å². The summed E-state index contributed by atoms with van der Waals surface area (Å²) in [4.78, 5) is 15.8. The van der Waals surface area contributed by atoms with Crippen molar-refractivity contribution in [3.8, 4) is 0 Å². The fourth-order valence-corrected chi connectivity index (χ4v) is 1.71. The van der Waals surface area contributed by atoms with Crippen LogP contribution in [-0.2, 0) is 0 Å². The first-order valence-corrected chi connectivity index (χ1v) is 6.67. The Morgan fingerprint density at radius 1 is 1.14 bits per heavy atom. The Morgan fingerprint density at radius 2 is 1.91 bits per heavy atom. The lowest BCUT2D eigenvalue weighted by Crippen LogP contribution is -2.15. The first kappa shape index (κ1) is 15.8. The quantitative estimate of drug-likeness (QED) is 0.830. The van der Waals surface area contributed by atoms with E-state index in [2.05, 4.69) is 15.6 Å². The third-order valence-corrected chi connectivity index (χ3v) is 2.86. The standard InChI is InChI=1S/C15H14F3N3O/c1-2-7-19-9-3-5-12(20-8-9)15(22)21-11-6-4-10(16)13(17)14(11)18/h3-6,8,19H,2,7H2,1H3,(H,21,22). The predicted octanol–water partition coefficient (Wildman–Crippen LogP) is 3.57. The minimum Gasteiger partial charge on any atom is -0.384 e. The molecular formula is C15H14F3N3O. The van der Waals surface area contributed by atoms with E-state index in [0.29, 0.717) is 0 Å². The maximum atomic E-state index is 13.5. The molecule has 1 heterocycles. The topological polar surface area (TPSA) is 54.0 Å². The molecule has 2 N–H and O–H groups in total. The van der Waals surface area contributed by atoms with Gasteiger partial charge in [0.05, 0.1) is 17.6 Å². The number of aromatic nitrogens is 1. The van der Waals surface area contributed by atoms with E-state index in [9.17, 15) is 18.0 Å². The predicted molar refractivity (Wildman–Crippen MR) is 77.3 cm³/mol. The molecule has 0 unspecified atom stereocenters. The first-order chi connectivity index (χ1) is 10.5. The number of carbonyl (C=O) groups is 1. The van der Waals surface area contributed by atoms with Crippen LogP contribution < -0.4 is 10.6 Å². The van der Waals surface area contributed by atoms with Gasteiger partial charge >= 0.3 is 0 Å². The normalized spacial score (nSPS) is 10.4. The second-order valence-electron chi connectivity index (χ2n) is 4.54. The first-order valence-electron chi connectivity index (χ1n) is 6.67. The van der Waals surface area contributed by atoms with Crippen LogP contribution in [0.5, 0.6) is 0 Å². The molecule has 0 saturated heterocycles. The van der Waals surface area contributed by atoms with Crippen LogP contribution in [0.15, 0.2) is 30.5 Å². The number of nitrogens with zero attached hydrogens (tertiary/aromatic N) is 1. The lowest BCUT2D eigenvalue weighted by molar-refractivity contribution is 0.102. The number of halogens is 3. The molecule has 0 fully saturated rings. The minimum atomic E-state index is -1.63. The van der Waals surface area contributed by atoms with Crippen LogP contribution in [0.3, 0.4) is 0 Å². The molecule has 2 rings (SSSR count). The van der Waals surface area contributed by atoms with Crippen molar-refractivity contribution < 1.29 is 18.0 Å². The van der Waals surface area contributed by atoms with Crippen LogP contribution in [0.25, 0.3) is 0 Å². The van der Waals surface area contributed by atoms with Crippen LogP contribution >= 0.6 is 0 Å². The monoisotopic (exact) mass is 309 g/mol. The Balaban J connectivity index is 2.11. The largest absolute Gasteiger partial charge is 0.384 e. The molecule has 116 valence electrons. The second-order valence-corrected chi connectivity index (χ2v) is 4.54. The zero-order valence-electron chi connectivity index (χ0n) is 11.8. The van der Waals surface area contributed by atoms with Gasteiger partial charge in [-0.25, -0.2) is 18.2 Å². The van der Waals surface area contributed by atoms with Crippen molar-refractivity contribution in [2.24, 2.45) is 0 Å².